The summed E-state index contributed by atoms with van der Waals surface area (Å²) in [5.41, 5.74) is 7.43. The van der Waals surface area contributed by atoms with E-state index in [-0.39, 0.29) is 24.9 Å². The molecule has 3 unspecified atom stereocenters. The fourth-order valence-electron chi connectivity index (χ4n) is 5.99. The summed E-state index contributed by atoms with van der Waals surface area (Å²) in [5.74, 6) is 1.09. The average molecular weight is 552 g/mol. The number of ether oxygens (including phenoxy) is 2. The second-order valence-corrected chi connectivity index (χ2v) is 11.0. The number of carboxylic acid groups (broad SMARTS) is 1. The molecule has 2 heterocycles. The Balaban J connectivity index is 1.18. The van der Waals surface area contributed by atoms with Crippen molar-refractivity contribution >= 4 is 17.7 Å². The molecule has 2 aliphatic rings. The number of carbonyl (C=O) groups excluding carboxylic acids is 1. The van der Waals surface area contributed by atoms with Gasteiger partial charge in [0.25, 0.3) is 0 Å². The van der Waals surface area contributed by atoms with Crippen LogP contribution in [0.3, 0.4) is 0 Å². The predicted octanol–water partition coefficient (Wildman–Crippen LogP) is 6.30. The first kappa shape index (κ1) is 26.6. The largest absolute Gasteiger partial charge is 0.490 e. The van der Waals surface area contributed by atoms with Crippen LogP contribution in [-0.4, -0.2) is 46.7 Å². The van der Waals surface area contributed by atoms with Crippen molar-refractivity contribution < 1.29 is 24.2 Å². The van der Waals surface area contributed by atoms with E-state index in [1.54, 1.807) is 23.1 Å². The lowest BCUT2D eigenvalue weighted by atomic mass is 9.93. The number of hydrogen-bond donors (Lipinski definition) is 1. The van der Waals surface area contributed by atoms with Gasteiger partial charge in [0, 0.05) is 18.3 Å². The number of benzene rings is 3. The minimum atomic E-state index is -0.950. The minimum Gasteiger partial charge on any atom is -0.490 e. The minimum absolute atomic E-state index is 0.164. The third-order valence-corrected chi connectivity index (χ3v) is 8.47. The second kappa shape index (κ2) is 10.8. The van der Waals surface area contributed by atoms with Crippen LogP contribution in [0.1, 0.15) is 45.5 Å². The lowest BCUT2D eigenvalue weighted by Gasteiger charge is -2.29. The normalized spacial score (nSPS) is 18.8. The van der Waals surface area contributed by atoms with Crippen molar-refractivity contribution in [1.29, 1.82) is 0 Å². The van der Waals surface area contributed by atoms with E-state index in [1.807, 2.05) is 67.3 Å². The molecule has 3 aromatic carbocycles. The summed E-state index contributed by atoms with van der Waals surface area (Å²) in [6, 6.07) is 18.9. The van der Waals surface area contributed by atoms with Crippen LogP contribution in [0.15, 0.2) is 73.1 Å². The van der Waals surface area contributed by atoms with Crippen LogP contribution in [0.5, 0.6) is 5.75 Å². The topological polar surface area (TPSA) is 93.9 Å². The summed E-state index contributed by atoms with van der Waals surface area (Å²) in [4.78, 5) is 26.4. The first-order chi connectivity index (χ1) is 19.8. The lowest BCUT2D eigenvalue weighted by Crippen LogP contribution is -2.37. The Kier molecular flexibility index (Phi) is 6.99. The van der Waals surface area contributed by atoms with Crippen molar-refractivity contribution in [3.63, 3.8) is 0 Å². The number of amides is 1. The maximum absolute atomic E-state index is 13.3. The van der Waals surface area contributed by atoms with Crippen molar-refractivity contribution in [3.05, 3.63) is 101 Å². The maximum Gasteiger partial charge on any atom is 0.414 e. The maximum atomic E-state index is 13.3. The second-order valence-electron chi connectivity index (χ2n) is 11.0. The molecule has 1 aliphatic heterocycles. The van der Waals surface area contributed by atoms with Crippen LogP contribution in [-0.2, 0) is 11.3 Å². The molecule has 0 radical (unpaired) electrons. The summed E-state index contributed by atoms with van der Waals surface area (Å²) in [5, 5.41) is 13.9. The van der Waals surface area contributed by atoms with Gasteiger partial charge >= 0.3 is 12.1 Å². The van der Waals surface area contributed by atoms with E-state index in [2.05, 4.69) is 18.1 Å². The average Bonchev–Trinajstić information content (AvgIpc) is 3.39. The zero-order chi connectivity index (χ0) is 28.7. The summed E-state index contributed by atoms with van der Waals surface area (Å²) in [7, 11) is 0. The molecule has 6 rings (SSSR count). The number of aromatic nitrogens is 2. The SMILES string of the molecule is Cc1cccc(OCCOC(=O)N2CC3C(C)C3c3c(-c4cnn(Cc5cccc(C(=O)O)c5)c4)cccc32)c1C. The molecule has 4 aromatic rings. The zero-order valence-corrected chi connectivity index (χ0v) is 23.4. The first-order valence-corrected chi connectivity index (χ1v) is 13.9. The van der Waals surface area contributed by atoms with Crippen molar-refractivity contribution in [2.24, 2.45) is 11.8 Å². The quantitative estimate of drug-likeness (QED) is 0.258. The molecule has 1 aromatic heterocycles. The third-order valence-electron chi connectivity index (χ3n) is 8.47. The number of anilines is 1. The van der Waals surface area contributed by atoms with E-state index in [0.29, 0.717) is 30.8 Å². The number of aryl methyl sites for hydroxylation is 1. The van der Waals surface area contributed by atoms with Crippen LogP contribution >= 0.6 is 0 Å². The molecule has 1 saturated carbocycles. The van der Waals surface area contributed by atoms with Gasteiger partial charge in [-0.05, 0) is 83.7 Å². The van der Waals surface area contributed by atoms with Gasteiger partial charge in [-0.2, -0.15) is 5.10 Å². The Morgan fingerprint density at radius 3 is 2.68 bits per heavy atom. The van der Waals surface area contributed by atoms with Gasteiger partial charge in [-0.3, -0.25) is 9.58 Å². The van der Waals surface area contributed by atoms with E-state index < -0.39 is 5.97 Å². The van der Waals surface area contributed by atoms with Crippen molar-refractivity contribution in [1.82, 2.24) is 9.78 Å². The van der Waals surface area contributed by atoms with E-state index in [1.165, 1.54) is 0 Å². The molecule has 8 heteroatoms. The van der Waals surface area contributed by atoms with Crippen LogP contribution < -0.4 is 9.64 Å². The number of rotatable bonds is 8. The summed E-state index contributed by atoms with van der Waals surface area (Å²) < 4.78 is 13.4. The molecule has 41 heavy (non-hydrogen) atoms. The highest BCUT2D eigenvalue weighted by atomic mass is 16.6. The number of nitrogens with zero attached hydrogens (tertiary/aromatic N) is 3. The van der Waals surface area contributed by atoms with E-state index >= 15 is 0 Å². The molecule has 3 atom stereocenters. The predicted molar refractivity (Wildman–Crippen MR) is 156 cm³/mol. The van der Waals surface area contributed by atoms with Crippen LogP contribution in [0.25, 0.3) is 11.1 Å². The Bertz CT molecular complexity index is 1630. The van der Waals surface area contributed by atoms with Crippen LogP contribution in [0.2, 0.25) is 0 Å². The van der Waals surface area contributed by atoms with E-state index in [4.69, 9.17) is 9.47 Å². The molecule has 0 bridgehead atoms. The number of fused-ring (bicyclic) bond motifs is 3. The third kappa shape index (κ3) is 5.17. The fourth-order valence-corrected chi connectivity index (χ4v) is 5.99. The van der Waals surface area contributed by atoms with Gasteiger partial charge in [0.15, 0.2) is 0 Å². The zero-order valence-electron chi connectivity index (χ0n) is 23.4. The first-order valence-electron chi connectivity index (χ1n) is 13.9. The van der Waals surface area contributed by atoms with Crippen LogP contribution in [0.4, 0.5) is 10.5 Å². The van der Waals surface area contributed by atoms with Crippen LogP contribution in [0, 0.1) is 25.7 Å². The smallest absolute Gasteiger partial charge is 0.414 e. The monoisotopic (exact) mass is 551 g/mol. The highest BCUT2D eigenvalue weighted by Gasteiger charge is 2.54. The summed E-state index contributed by atoms with van der Waals surface area (Å²) in [6.07, 6.45) is 3.45. The molecule has 1 fully saturated rings. The highest BCUT2D eigenvalue weighted by molar-refractivity contribution is 5.93. The standard InChI is InChI=1S/C33H33N3O5/c1-20-7-4-12-29(21(20)2)40-13-14-41-33(39)36-19-27-22(3)30(27)31-26(10-6-11-28(31)36)25-16-34-35(18-25)17-23-8-5-9-24(15-23)32(37)38/h4-12,15-16,18,22,27,30H,13-14,17,19H2,1-3H3,(H,37,38). The summed E-state index contributed by atoms with van der Waals surface area (Å²) >= 11 is 0. The van der Waals surface area contributed by atoms with E-state index in [9.17, 15) is 14.7 Å². The Labute approximate surface area is 239 Å². The number of carbonyl (C=O) groups is 2. The molecule has 1 aliphatic carbocycles. The van der Waals surface area contributed by atoms with Gasteiger partial charge in [0.2, 0.25) is 0 Å². The summed E-state index contributed by atoms with van der Waals surface area (Å²) in [6.45, 7) is 7.85. The van der Waals surface area contributed by atoms with Crippen molar-refractivity contribution in [2.45, 2.75) is 33.2 Å². The molecule has 0 spiro atoms. The van der Waals surface area contributed by atoms with Gasteiger partial charge in [0.1, 0.15) is 19.0 Å². The number of hydrogen-bond acceptors (Lipinski definition) is 5. The number of carboxylic acids is 1. The van der Waals surface area contributed by atoms with Gasteiger partial charge in [-0.15, -0.1) is 0 Å². The Morgan fingerprint density at radius 1 is 1.05 bits per heavy atom. The van der Waals surface area contributed by atoms with Gasteiger partial charge in [-0.1, -0.05) is 43.3 Å². The molecular formula is C33H33N3O5. The molecular weight excluding hydrogens is 518 g/mol. The van der Waals surface area contributed by atoms with Crippen molar-refractivity contribution in [2.75, 3.05) is 24.7 Å². The van der Waals surface area contributed by atoms with E-state index in [0.717, 1.165) is 44.8 Å². The molecule has 0 saturated heterocycles. The highest BCUT2D eigenvalue weighted by Crippen LogP contribution is 2.61. The number of aromatic carboxylic acids is 1. The van der Waals surface area contributed by atoms with Gasteiger partial charge in [0.05, 0.1) is 24.0 Å². The molecule has 8 nitrogen and oxygen atoms in total. The van der Waals surface area contributed by atoms with Crippen molar-refractivity contribution in [3.8, 4) is 16.9 Å². The van der Waals surface area contributed by atoms with Gasteiger partial charge in [-0.25, -0.2) is 9.59 Å². The Morgan fingerprint density at radius 2 is 1.85 bits per heavy atom. The molecule has 1 amide bonds. The molecule has 210 valence electrons. The molecule has 1 N–H and O–H groups in total. The Hall–Kier alpha value is -4.59. The van der Waals surface area contributed by atoms with Gasteiger partial charge < -0.3 is 14.6 Å². The fraction of sp³-hybridized carbons (Fsp3) is 0.303. The lowest BCUT2D eigenvalue weighted by molar-refractivity contribution is 0.0696.